The first-order valence-electron chi connectivity index (χ1n) is 13.6. The monoisotopic (exact) mass is 490 g/mol. The molecule has 0 fully saturated rings. The molecule has 5 rings (SSSR count). The molecule has 0 saturated heterocycles. The lowest BCUT2D eigenvalue weighted by Gasteiger charge is -2.43. The Morgan fingerprint density at radius 1 is 1.00 bits per heavy atom. The third-order valence-electron chi connectivity index (χ3n) is 8.23. The molecule has 190 valence electrons. The Bertz CT molecular complexity index is 1390. The number of fused-ring (bicyclic) bond motifs is 1. The first kappa shape index (κ1) is 25.8. The van der Waals surface area contributed by atoms with Crippen molar-refractivity contribution in [3.63, 3.8) is 0 Å². The molecule has 2 radical (unpaired) electrons. The fourth-order valence-electron chi connectivity index (χ4n) is 5.89. The summed E-state index contributed by atoms with van der Waals surface area (Å²) in [5, 5.41) is 11.8. The molecule has 3 aromatic rings. The third kappa shape index (κ3) is 4.89. The Labute approximate surface area is 223 Å². The summed E-state index contributed by atoms with van der Waals surface area (Å²) in [4.78, 5) is 5.12. The van der Waals surface area contributed by atoms with Crippen LogP contribution in [0.25, 0.3) is 22.3 Å². The molecule has 37 heavy (non-hydrogen) atoms. The lowest BCUT2D eigenvalue weighted by atomic mass is 9.64. The van der Waals surface area contributed by atoms with Crippen LogP contribution in [0.5, 0.6) is 0 Å². The van der Waals surface area contributed by atoms with E-state index in [2.05, 4.69) is 101 Å². The molecule has 0 aliphatic heterocycles. The van der Waals surface area contributed by atoms with Gasteiger partial charge in [0.2, 0.25) is 0 Å². The smallest absolute Gasteiger partial charge is 0.124 e. The lowest BCUT2D eigenvalue weighted by molar-refractivity contribution is 0.0206. The summed E-state index contributed by atoms with van der Waals surface area (Å²) < 4.78 is 2.21. The van der Waals surface area contributed by atoms with E-state index in [4.69, 9.17) is 12.8 Å². The van der Waals surface area contributed by atoms with Crippen LogP contribution in [0, 0.1) is 16.7 Å². The van der Waals surface area contributed by atoms with Crippen molar-refractivity contribution in [2.45, 2.75) is 72.8 Å². The number of imidazole rings is 1. The van der Waals surface area contributed by atoms with Gasteiger partial charge in [0.15, 0.2) is 0 Å². The molecule has 1 aromatic heterocycles. The number of aliphatic hydroxyl groups excluding tert-OH is 1. The van der Waals surface area contributed by atoms with Crippen molar-refractivity contribution in [1.82, 2.24) is 9.55 Å². The van der Waals surface area contributed by atoms with Crippen LogP contribution in [0.1, 0.15) is 78.1 Å². The molecule has 3 nitrogen and oxygen atoms in total. The maximum Gasteiger partial charge on any atom is 0.124 e. The van der Waals surface area contributed by atoms with Crippen LogP contribution >= 0.6 is 0 Å². The highest BCUT2D eigenvalue weighted by Crippen LogP contribution is 2.48. The van der Waals surface area contributed by atoms with Gasteiger partial charge in [0.25, 0.3) is 0 Å². The summed E-state index contributed by atoms with van der Waals surface area (Å²) in [5.74, 6) is 0.740. The fraction of sp³-hybridized carbons (Fsp3) is 0.424. The van der Waals surface area contributed by atoms with Crippen molar-refractivity contribution in [2.24, 2.45) is 16.7 Å². The van der Waals surface area contributed by atoms with E-state index in [1.807, 2.05) is 12.1 Å². The SMILES string of the molecule is [B]c1cccc2c1nc(C1C=C(C(C)(C)C)CC(C(C)(C)C)C1O)n2-c1ccc(C2=CC=CCC2)cc1. The van der Waals surface area contributed by atoms with Gasteiger partial charge in [0.05, 0.1) is 23.1 Å². The zero-order valence-electron chi connectivity index (χ0n) is 23.1. The van der Waals surface area contributed by atoms with Crippen molar-refractivity contribution in [3.05, 3.63) is 83.7 Å². The first-order chi connectivity index (χ1) is 17.4. The standard InChI is InChI=1S/C33H39BN2O/c1-32(2,3)23-19-25(30(37)26(20-23)33(4,5)6)31-35-29-27(34)13-10-14-28(29)36(31)24-17-15-22(16-18-24)21-11-8-7-9-12-21/h7-8,10-11,13-19,25-26,30,37H,9,12,20H2,1-6H3. The minimum atomic E-state index is -0.540. The maximum atomic E-state index is 11.8. The van der Waals surface area contributed by atoms with Gasteiger partial charge < -0.3 is 5.11 Å². The van der Waals surface area contributed by atoms with Gasteiger partial charge in [-0.25, -0.2) is 4.98 Å². The molecule has 2 aliphatic carbocycles. The zero-order chi connectivity index (χ0) is 26.5. The molecule has 0 amide bonds. The minimum Gasteiger partial charge on any atom is -0.392 e. The van der Waals surface area contributed by atoms with Gasteiger partial charge >= 0.3 is 0 Å². The van der Waals surface area contributed by atoms with Crippen LogP contribution in [0.2, 0.25) is 0 Å². The van der Waals surface area contributed by atoms with E-state index >= 15 is 0 Å². The molecular formula is C33H39BN2O. The Morgan fingerprint density at radius 3 is 2.35 bits per heavy atom. The average molecular weight is 491 g/mol. The van der Waals surface area contributed by atoms with Crippen LogP contribution in [-0.4, -0.2) is 28.6 Å². The molecule has 2 aliphatic rings. The van der Waals surface area contributed by atoms with E-state index in [1.165, 1.54) is 16.7 Å². The number of benzene rings is 2. The Kier molecular flexibility index (Phi) is 6.60. The highest BCUT2D eigenvalue weighted by molar-refractivity contribution is 6.38. The van der Waals surface area contributed by atoms with Crippen molar-refractivity contribution >= 4 is 29.9 Å². The van der Waals surface area contributed by atoms with Crippen molar-refractivity contribution in [2.75, 3.05) is 0 Å². The molecule has 4 heteroatoms. The molecule has 2 aromatic carbocycles. The third-order valence-corrected chi connectivity index (χ3v) is 8.23. The lowest BCUT2D eigenvalue weighted by Crippen LogP contribution is -2.41. The summed E-state index contributed by atoms with van der Waals surface area (Å²) in [6, 6.07) is 14.7. The second-order valence-corrected chi connectivity index (χ2v) is 12.9. The van der Waals surface area contributed by atoms with E-state index in [9.17, 15) is 5.11 Å². The minimum absolute atomic E-state index is 0.0155. The van der Waals surface area contributed by atoms with Gasteiger partial charge in [-0.3, -0.25) is 4.57 Å². The quantitative estimate of drug-likeness (QED) is 0.316. The predicted molar refractivity (Wildman–Crippen MR) is 157 cm³/mol. The number of allylic oxidation sites excluding steroid dienone is 5. The normalized spacial score (nSPS) is 22.7. The van der Waals surface area contributed by atoms with Crippen LogP contribution in [0.3, 0.4) is 0 Å². The summed E-state index contributed by atoms with van der Waals surface area (Å²) in [6.07, 6.45) is 11.4. The fourth-order valence-corrected chi connectivity index (χ4v) is 5.89. The van der Waals surface area contributed by atoms with E-state index in [-0.39, 0.29) is 22.7 Å². The molecule has 0 saturated carbocycles. The molecule has 3 unspecified atom stereocenters. The zero-order valence-corrected chi connectivity index (χ0v) is 23.1. The summed E-state index contributed by atoms with van der Waals surface area (Å²) in [7, 11) is 6.43. The highest BCUT2D eigenvalue weighted by atomic mass is 16.3. The van der Waals surface area contributed by atoms with Crippen molar-refractivity contribution in [1.29, 1.82) is 0 Å². The summed E-state index contributed by atoms with van der Waals surface area (Å²) >= 11 is 0. The topological polar surface area (TPSA) is 38.1 Å². The van der Waals surface area contributed by atoms with E-state index in [1.54, 1.807) is 0 Å². The van der Waals surface area contributed by atoms with Gasteiger partial charge in [-0.05, 0) is 65.3 Å². The second-order valence-electron chi connectivity index (χ2n) is 12.9. The largest absolute Gasteiger partial charge is 0.392 e. The molecule has 0 bridgehead atoms. The molecule has 1 N–H and O–H groups in total. The van der Waals surface area contributed by atoms with Gasteiger partial charge in [0.1, 0.15) is 13.7 Å². The number of aliphatic hydroxyl groups is 1. The number of hydrogen-bond acceptors (Lipinski definition) is 2. The molecule has 3 atom stereocenters. The van der Waals surface area contributed by atoms with E-state index in [0.717, 1.165) is 41.8 Å². The Hall–Kier alpha value is -2.85. The maximum absolute atomic E-state index is 11.8. The summed E-state index contributed by atoms with van der Waals surface area (Å²) in [5.41, 5.74) is 7.42. The first-order valence-corrected chi connectivity index (χ1v) is 13.6. The van der Waals surface area contributed by atoms with Gasteiger partial charge in [-0.15, -0.1) is 0 Å². The van der Waals surface area contributed by atoms with Crippen molar-refractivity contribution in [3.8, 4) is 5.69 Å². The average Bonchev–Trinajstić information content (AvgIpc) is 3.24. The second kappa shape index (κ2) is 9.47. The Balaban J connectivity index is 1.69. The summed E-state index contributed by atoms with van der Waals surface area (Å²) in [6.45, 7) is 13.5. The van der Waals surface area contributed by atoms with Crippen LogP contribution in [0.15, 0.2) is 72.3 Å². The van der Waals surface area contributed by atoms with Gasteiger partial charge in [-0.2, -0.15) is 0 Å². The number of rotatable bonds is 3. The van der Waals surface area contributed by atoms with Crippen LogP contribution < -0.4 is 5.46 Å². The number of aromatic nitrogens is 2. The van der Waals surface area contributed by atoms with Crippen LogP contribution in [-0.2, 0) is 0 Å². The molecule has 0 spiro atoms. The molecule has 1 heterocycles. The molecular weight excluding hydrogens is 451 g/mol. The highest BCUT2D eigenvalue weighted by Gasteiger charge is 2.43. The van der Waals surface area contributed by atoms with E-state index < -0.39 is 6.10 Å². The number of hydrogen-bond donors (Lipinski definition) is 1. The van der Waals surface area contributed by atoms with Gasteiger partial charge in [0, 0.05) is 5.69 Å². The van der Waals surface area contributed by atoms with E-state index in [0.29, 0.717) is 5.46 Å². The van der Waals surface area contributed by atoms with Crippen LogP contribution in [0.4, 0.5) is 0 Å². The van der Waals surface area contributed by atoms with Gasteiger partial charge in [-0.1, -0.05) is 101 Å². The number of para-hydroxylation sites is 1. The number of nitrogens with zero attached hydrogens (tertiary/aromatic N) is 2. The van der Waals surface area contributed by atoms with Crippen molar-refractivity contribution < 1.29 is 5.11 Å². The Morgan fingerprint density at radius 2 is 1.73 bits per heavy atom. The predicted octanol–water partition coefficient (Wildman–Crippen LogP) is 7.04.